The second-order valence-electron chi connectivity index (χ2n) is 4.36. The Kier molecular flexibility index (Phi) is 4.29. The number of para-hydroxylation sites is 1. The first-order chi connectivity index (χ1) is 9.11. The number of rotatable bonds is 5. The smallest absolute Gasteiger partial charge is 0.127 e. The molecule has 5 heteroatoms. The summed E-state index contributed by atoms with van der Waals surface area (Å²) in [5, 5.41) is 4.20. The van der Waals surface area contributed by atoms with E-state index in [4.69, 9.17) is 22.7 Å². The number of thiocarbonyl (C=S) groups is 1. The molecule has 100 valence electrons. The molecule has 1 aromatic heterocycles. The predicted molar refractivity (Wildman–Crippen MR) is 82.6 cm³/mol. The van der Waals surface area contributed by atoms with Crippen molar-refractivity contribution in [3.8, 4) is 0 Å². The molecule has 3 N–H and O–H groups in total. The summed E-state index contributed by atoms with van der Waals surface area (Å²) in [4.78, 5) is 4.92. The normalized spacial score (nSPS) is 12.3. The zero-order chi connectivity index (χ0) is 13.8. The Morgan fingerprint density at radius 2 is 2.21 bits per heavy atom. The fourth-order valence-electron chi connectivity index (χ4n) is 1.80. The molecule has 0 saturated heterocycles. The second-order valence-corrected chi connectivity index (χ2v) is 4.80. The molecule has 19 heavy (non-hydrogen) atoms. The topological polar surface area (TPSA) is 60.2 Å². The summed E-state index contributed by atoms with van der Waals surface area (Å²) >= 11 is 5.11. The van der Waals surface area contributed by atoms with Gasteiger partial charge in [0.15, 0.2) is 0 Å². The number of anilines is 1. The Morgan fingerprint density at radius 1 is 1.47 bits per heavy atom. The molecule has 4 nitrogen and oxygen atoms in total. The Balaban J connectivity index is 2.38. The first-order valence-electron chi connectivity index (χ1n) is 6.08. The van der Waals surface area contributed by atoms with Crippen molar-refractivity contribution in [2.75, 3.05) is 19.0 Å². The predicted octanol–water partition coefficient (Wildman–Crippen LogP) is 2.32. The van der Waals surface area contributed by atoms with E-state index in [0.717, 1.165) is 22.3 Å². The third kappa shape index (κ3) is 3.19. The third-order valence-corrected chi connectivity index (χ3v) is 3.17. The van der Waals surface area contributed by atoms with Crippen LogP contribution in [0.4, 0.5) is 5.82 Å². The van der Waals surface area contributed by atoms with Crippen LogP contribution < -0.4 is 11.1 Å². The highest BCUT2D eigenvalue weighted by atomic mass is 32.1. The van der Waals surface area contributed by atoms with Crippen LogP contribution in [0.15, 0.2) is 30.3 Å². The molecule has 1 aromatic carbocycles. The van der Waals surface area contributed by atoms with Gasteiger partial charge in [0.25, 0.3) is 0 Å². The molecular weight excluding hydrogens is 258 g/mol. The highest BCUT2D eigenvalue weighted by Crippen LogP contribution is 2.20. The molecule has 0 saturated carbocycles. The summed E-state index contributed by atoms with van der Waals surface area (Å²) in [5.41, 5.74) is 7.50. The number of pyridine rings is 1. The lowest BCUT2D eigenvalue weighted by Crippen LogP contribution is -2.19. The highest BCUT2D eigenvalue weighted by molar-refractivity contribution is 7.80. The van der Waals surface area contributed by atoms with Gasteiger partial charge in [-0.3, -0.25) is 0 Å². The number of hydrogen-bond donors (Lipinski definition) is 2. The average Bonchev–Trinajstić information content (AvgIpc) is 2.43. The van der Waals surface area contributed by atoms with Crippen LogP contribution >= 0.6 is 12.2 Å². The van der Waals surface area contributed by atoms with Crippen molar-refractivity contribution in [3.05, 3.63) is 35.9 Å². The van der Waals surface area contributed by atoms with Gasteiger partial charge in [0, 0.05) is 24.6 Å². The van der Waals surface area contributed by atoms with E-state index in [0.29, 0.717) is 11.5 Å². The molecule has 0 amide bonds. The average molecular weight is 275 g/mol. The molecule has 2 aromatic rings. The first kappa shape index (κ1) is 13.7. The van der Waals surface area contributed by atoms with Crippen LogP contribution in [0, 0.1) is 0 Å². The lowest BCUT2D eigenvalue weighted by Gasteiger charge is -2.13. The third-order valence-electron chi connectivity index (χ3n) is 2.95. The van der Waals surface area contributed by atoms with Gasteiger partial charge in [0.05, 0.1) is 11.6 Å². The minimum absolute atomic E-state index is 0.113. The van der Waals surface area contributed by atoms with E-state index in [1.807, 2.05) is 37.3 Å². The molecule has 0 spiro atoms. The number of nitrogens with one attached hydrogen (secondary N) is 1. The number of hydrogen-bond acceptors (Lipinski definition) is 4. The number of nitrogens with two attached hydrogens (primary N) is 1. The van der Waals surface area contributed by atoms with Gasteiger partial charge in [-0.2, -0.15) is 0 Å². The van der Waals surface area contributed by atoms with Crippen LogP contribution in [-0.2, 0) is 4.74 Å². The summed E-state index contributed by atoms with van der Waals surface area (Å²) in [6, 6.07) is 9.69. The lowest BCUT2D eigenvalue weighted by atomic mass is 10.1. The molecule has 0 fully saturated rings. The molecule has 0 radical (unpaired) electrons. The summed E-state index contributed by atoms with van der Waals surface area (Å²) in [6.45, 7) is 2.67. The van der Waals surface area contributed by atoms with Gasteiger partial charge < -0.3 is 15.8 Å². The van der Waals surface area contributed by atoms with Crippen molar-refractivity contribution >= 4 is 33.9 Å². The maximum atomic E-state index is 5.78. The van der Waals surface area contributed by atoms with Crippen molar-refractivity contribution in [1.82, 2.24) is 4.98 Å². The molecule has 0 aliphatic carbocycles. The van der Waals surface area contributed by atoms with E-state index in [2.05, 4.69) is 10.3 Å². The minimum Gasteiger partial charge on any atom is -0.389 e. The van der Waals surface area contributed by atoms with E-state index in [1.54, 1.807) is 7.11 Å². The molecule has 1 unspecified atom stereocenters. The fraction of sp³-hybridized carbons (Fsp3) is 0.286. The Hall–Kier alpha value is -1.72. The second kappa shape index (κ2) is 5.95. The number of fused-ring (bicyclic) bond motifs is 1. The van der Waals surface area contributed by atoms with E-state index in [9.17, 15) is 0 Å². The number of ether oxygens (including phenoxy) is 1. The maximum absolute atomic E-state index is 5.78. The van der Waals surface area contributed by atoms with E-state index in [1.165, 1.54) is 0 Å². The number of benzene rings is 1. The van der Waals surface area contributed by atoms with Gasteiger partial charge in [-0.05, 0) is 19.1 Å². The highest BCUT2D eigenvalue weighted by Gasteiger charge is 2.08. The molecule has 0 aliphatic heterocycles. The zero-order valence-corrected chi connectivity index (χ0v) is 11.8. The summed E-state index contributed by atoms with van der Waals surface area (Å²) in [5.74, 6) is 0.755. The number of aromatic nitrogens is 1. The van der Waals surface area contributed by atoms with Gasteiger partial charge in [0.2, 0.25) is 0 Å². The van der Waals surface area contributed by atoms with Crippen molar-refractivity contribution in [2.24, 2.45) is 5.73 Å². The Bertz CT molecular complexity index is 600. The van der Waals surface area contributed by atoms with Crippen LogP contribution in [0.5, 0.6) is 0 Å². The molecular formula is C14H17N3OS. The maximum Gasteiger partial charge on any atom is 0.127 e. The number of methoxy groups -OCH3 is 1. The Labute approximate surface area is 118 Å². The quantitative estimate of drug-likeness (QED) is 0.820. The van der Waals surface area contributed by atoms with E-state index >= 15 is 0 Å². The van der Waals surface area contributed by atoms with Crippen molar-refractivity contribution in [3.63, 3.8) is 0 Å². The monoisotopic (exact) mass is 275 g/mol. The van der Waals surface area contributed by atoms with Crippen molar-refractivity contribution < 1.29 is 4.74 Å². The zero-order valence-electron chi connectivity index (χ0n) is 11.0. The minimum atomic E-state index is 0.113. The molecule has 1 heterocycles. The van der Waals surface area contributed by atoms with Crippen molar-refractivity contribution in [2.45, 2.75) is 13.0 Å². The number of nitrogens with zero attached hydrogens (tertiary/aromatic N) is 1. The van der Waals surface area contributed by atoms with Gasteiger partial charge >= 0.3 is 0 Å². The summed E-state index contributed by atoms with van der Waals surface area (Å²) in [6.07, 6.45) is 0.113. The van der Waals surface area contributed by atoms with Crippen LogP contribution in [-0.4, -0.2) is 29.7 Å². The fourth-order valence-corrected chi connectivity index (χ4v) is 1.97. The SMILES string of the molecule is COC(C)CNc1cc(C(N)=S)c2ccccc2n1. The van der Waals surface area contributed by atoms with Gasteiger partial charge in [-0.25, -0.2) is 4.98 Å². The summed E-state index contributed by atoms with van der Waals surface area (Å²) < 4.78 is 5.20. The van der Waals surface area contributed by atoms with Crippen molar-refractivity contribution in [1.29, 1.82) is 0 Å². The van der Waals surface area contributed by atoms with Crippen LogP contribution in [0.2, 0.25) is 0 Å². The largest absolute Gasteiger partial charge is 0.389 e. The van der Waals surface area contributed by atoms with Crippen LogP contribution in [0.25, 0.3) is 10.9 Å². The molecule has 1 atom stereocenters. The van der Waals surface area contributed by atoms with E-state index in [-0.39, 0.29) is 6.10 Å². The Morgan fingerprint density at radius 3 is 2.89 bits per heavy atom. The summed E-state index contributed by atoms with van der Waals surface area (Å²) in [7, 11) is 1.68. The first-order valence-corrected chi connectivity index (χ1v) is 6.49. The van der Waals surface area contributed by atoms with Gasteiger partial charge in [-0.15, -0.1) is 0 Å². The standard InChI is InChI=1S/C14H17N3OS/c1-9(18-2)8-16-13-7-11(14(15)19)10-5-3-4-6-12(10)17-13/h3-7,9H,8H2,1-2H3,(H2,15,19)(H,16,17). The van der Waals surface area contributed by atoms with Crippen LogP contribution in [0.3, 0.4) is 0 Å². The lowest BCUT2D eigenvalue weighted by molar-refractivity contribution is 0.128. The molecule has 0 bridgehead atoms. The van der Waals surface area contributed by atoms with Crippen LogP contribution in [0.1, 0.15) is 12.5 Å². The van der Waals surface area contributed by atoms with Gasteiger partial charge in [0.1, 0.15) is 10.8 Å². The molecule has 2 rings (SSSR count). The van der Waals surface area contributed by atoms with E-state index < -0.39 is 0 Å². The van der Waals surface area contributed by atoms with Gasteiger partial charge in [-0.1, -0.05) is 30.4 Å². The molecule has 0 aliphatic rings.